The molecule has 2 aliphatic rings. The molecule has 2 atom stereocenters. The maximum Gasteiger partial charge on any atom is 0.414 e. The van der Waals surface area contributed by atoms with E-state index >= 15 is 0 Å². The van der Waals surface area contributed by atoms with Gasteiger partial charge in [0.05, 0.1) is 25.7 Å². The first-order valence-electron chi connectivity index (χ1n) is 10.2. The first kappa shape index (κ1) is 21.6. The van der Waals surface area contributed by atoms with Crippen molar-refractivity contribution < 1.29 is 18.8 Å². The highest BCUT2D eigenvalue weighted by Gasteiger charge is 2.38. The number of anilines is 2. The van der Waals surface area contributed by atoms with E-state index in [1.165, 1.54) is 12.5 Å². The van der Waals surface area contributed by atoms with Crippen molar-refractivity contribution in [3.05, 3.63) is 23.8 Å². The molecule has 0 aromatic heterocycles. The van der Waals surface area contributed by atoms with E-state index in [0.717, 1.165) is 17.8 Å². The third-order valence-electron chi connectivity index (χ3n) is 6.13. The first-order chi connectivity index (χ1) is 13.5. The number of fused-ring (bicyclic) bond motifs is 1. The van der Waals surface area contributed by atoms with Crippen LogP contribution < -0.4 is 15.5 Å². The topological polar surface area (TPSA) is 79.9 Å². The van der Waals surface area contributed by atoms with Gasteiger partial charge in [0.1, 0.15) is 6.10 Å². The number of hydrogen-bond donors (Lipinski definition) is 2. The average Bonchev–Trinajstić information content (AvgIpc) is 3.19. The molecule has 2 unspecified atom stereocenters. The summed E-state index contributed by atoms with van der Waals surface area (Å²) in [7, 11) is -1.78. The molecule has 1 aromatic rings. The molecule has 1 fully saturated rings. The van der Waals surface area contributed by atoms with E-state index in [9.17, 15) is 9.59 Å². The van der Waals surface area contributed by atoms with Crippen molar-refractivity contribution in [1.82, 2.24) is 5.32 Å². The van der Waals surface area contributed by atoms with E-state index in [2.05, 4.69) is 50.6 Å². The molecular formula is C21H33N3O4Si. The van der Waals surface area contributed by atoms with Crippen LogP contribution in [-0.2, 0) is 20.4 Å². The number of nitrogens with zero attached hydrogens (tertiary/aromatic N) is 1. The number of rotatable bonds is 6. The van der Waals surface area contributed by atoms with Crippen LogP contribution in [0.1, 0.15) is 33.3 Å². The van der Waals surface area contributed by atoms with E-state index in [4.69, 9.17) is 9.16 Å². The van der Waals surface area contributed by atoms with Crippen LogP contribution >= 0.6 is 0 Å². The summed E-state index contributed by atoms with van der Waals surface area (Å²) in [5.74, 6) is -0.130. The Morgan fingerprint density at radius 2 is 2.10 bits per heavy atom. The summed E-state index contributed by atoms with van der Waals surface area (Å²) in [6, 6.07) is 6.25. The molecule has 3 rings (SSSR count). The summed E-state index contributed by atoms with van der Waals surface area (Å²) in [5.41, 5.74) is 3.11. The zero-order valence-corrected chi connectivity index (χ0v) is 19.3. The van der Waals surface area contributed by atoms with Crippen molar-refractivity contribution in [1.29, 1.82) is 0 Å². The molecule has 0 saturated carbocycles. The Morgan fingerprint density at radius 3 is 2.76 bits per heavy atom. The van der Waals surface area contributed by atoms with Crippen LogP contribution in [0, 0.1) is 0 Å². The van der Waals surface area contributed by atoms with Gasteiger partial charge < -0.3 is 19.8 Å². The van der Waals surface area contributed by atoms with Gasteiger partial charge >= 0.3 is 6.09 Å². The van der Waals surface area contributed by atoms with E-state index in [1.54, 1.807) is 4.90 Å². The van der Waals surface area contributed by atoms with Crippen LogP contribution in [0.4, 0.5) is 16.2 Å². The Kier molecular flexibility index (Phi) is 5.96. The monoisotopic (exact) mass is 419 g/mol. The number of benzene rings is 1. The Morgan fingerprint density at radius 1 is 1.38 bits per heavy atom. The van der Waals surface area contributed by atoms with Crippen molar-refractivity contribution in [2.75, 3.05) is 29.9 Å². The predicted octanol–water partition coefficient (Wildman–Crippen LogP) is 3.51. The van der Waals surface area contributed by atoms with E-state index in [-0.39, 0.29) is 29.2 Å². The van der Waals surface area contributed by atoms with Crippen LogP contribution in [0.15, 0.2) is 18.2 Å². The van der Waals surface area contributed by atoms with Crippen LogP contribution in [-0.4, -0.2) is 52.2 Å². The van der Waals surface area contributed by atoms with Gasteiger partial charge in [0.2, 0.25) is 5.91 Å². The van der Waals surface area contributed by atoms with Gasteiger partial charge in [-0.05, 0) is 48.3 Å². The molecule has 2 heterocycles. The summed E-state index contributed by atoms with van der Waals surface area (Å²) < 4.78 is 11.7. The van der Waals surface area contributed by atoms with Crippen molar-refractivity contribution in [3.8, 4) is 0 Å². The minimum atomic E-state index is -1.78. The summed E-state index contributed by atoms with van der Waals surface area (Å²) in [5, 5.41) is 6.43. The Labute approximate surface area is 174 Å². The van der Waals surface area contributed by atoms with Gasteiger partial charge in [-0.1, -0.05) is 20.8 Å². The summed E-state index contributed by atoms with van der Waals surface area (Å²) in [6.07, 6.45) is 0.170. The highest BCUT2D eigenvalue weighted by atomic mass is 28.4. The maximum atomic E-state index is 12.3. The quantitative estimate of drug-likeness (QED) is 0.690. The highest BCUT2D eigenvalue weighted by Crippen LogP contribution is 2.37. The minimum absolute atomic E-state index is 0.130. The molecular weight excluding hydrogens is 386 g/mol. The third kappa shape index (κ3) is 4.92. The first-order valence-corrected chi connectivity index (χ1v) is 13.1. The second-order valence-electron chi connectivity index (χ2n) is 9.51. The summed E-state index contributed by atoms with van der Waals surface area (Å²) in [4.78, 5) is 25.0. The SMILES string of the molecule is CC(=O)NCC1CN(c2ccc3c(c2)CC(CO[Si](C)(C)C(C)(C)C)N3)C(=O)O1. The lowest BCUT2D eigenvalue weighted by Gasteiger charge is -2.37. The van der Waals surface area contributed by atoms with Crippen molar-refractivity contribution in [2.24, 2.45) is 0 Å². The van der Waals surface area contributed by atoms with E-state index in [1.807, 2.05) is 12.1 Å². The number of carbonyl (C=O) groups excluding carboxylic acids is 2. The number of carbonyl (C=O) groups is 2. The molecule has 8 heteroatoms. The van der Waals surface area contributed by atoms with E-state index in [0.29, 0.717) is 19.7 Å². The highest BCUT2D eigenvalue weighted by molar-refractivity contribution is 6.74. The van der Waals surface area contributed by atoms with Crippen LogP contribution in [0.25, 0.3) is 0 Å². The number of cyclic esters (lactones) is 1. The average molecular weight is 420 g/mol. The lowest BCUT2D eigenvalue weighted by atomic mass is 10.1. The zero-order chi connectivity index (χ0) is 21.4. The molecule has 7 nitrogen and oxygen atoms in total. The Balaban J connectivity index is 1.61. The fourth-order valence-corrected chi connectivity index (χ4v) is 4.37. The lowest BCUT2D eigenvalue weighted by Crippen LogP contribution is -2.43. The van der Waals surface area contributed by atoms with E-state index < -0.39 is 8.32 Å². The lowest BCUT2D eigenvalue weighted by molar-refractivity contribution is -0.119. The smallest absolute Gasteiger partial charge is 0.414 e. The number of nitrogens with one attached hydrogen (secondary N) is 2. The molecule has 0 aliphatic carbocycles. The number of amides is 2. The summed E-state index contributed by atoms with van der Waals surface area (Å²) in [6.45, 7) is 14.2. The third-order valence-corrected chi connectivity index (χ3v) is 10.6. The van der Waals surface area contributed by atoms with Crippen LogP contribution in [0.3, 0.4) is 0 Å². The van der Waals surface area contributed by atoms with Gasteiger partial charge in [-0.15, -0.1) is 0 Å². The maximum absolute atomic E-state index is 12.3. The molecule has 2 amide bonds. The fourth-order valence-electron chi connectivity index (χ4n) is 3.32. The van der Waals surface area contributed by atoms with Gasteiger partial charge in [0.25, 0.3) is 0 Å². The van der Waals surface area contributed by atoms with Crippen LogP contribution in [0.5, 0.6) is 0 Å². The molecule has 160 valence electrons. The minimum Gasteiger partial charge on any atom is -0.442 e. The van der Waals surface area contributed by atoms with Gasteiger partial charge in [0.15, 0.2) is 8.32 Å². The summed E-state index contributed by atoms with van der Waals surface area (Å²) >= 11 is 0. The normalized spacial score (nSPS) is 21.6. The van der Waals surface area contributed by atoms with Gasteiger partial charge in [-0.2, -0.15) is 0 Å². The molecule has 0 bridgehead atoms. The number of ether oxygens (including phenoxy) is 1. The van der Waals surface area contributed by atoms with Gasteiger partial charge in [0, 0.05) is 18.3 Å². The second kappa shape index (κ2) is 7.99. The predicted molar refractivity (Wildman–Crippen MR) is 117 cm³/mol. The van der Waals surface area contributed by atoms with Crippen LogP contribution in [0.2, 0.25) is 18.1 Å². The number of hydrogen-bond acceptors (Lipinski definition) is 5. The van der Waals surface area contributed by atoms with Crippen molar-refractivity contribution in [2.45, 2.75) is 64.4 Å². The molecule has 1 saturated heterocycles. The van der Waals surface area contributed by atoms with Gasteiger partial charge in [-0.25, -0.2) is 4.79 Å². The Bertz CT molecular complexity index is 791. The molecule has 29 heavy (non-hydrogen) atoms. The Hall–Kier alpha value is -2.06. The molecule has 0 radical (unpaired) electrons. The second-order valence-corrected chi connectivity index (χ2v) is 14.3. The molecule has 2 aliphatic heterocycles. The molecule has 2 N–H and O–H groups in total. The molecule has 1 aromatic carbocycles. The zero-order valence-electron chi connectivity index (χ0n) is 18.3. The van der Waals surface area contributed by atoms with Crippen molar-refractivity contribution in [3.63, 3.8) is 0 Å². The van der Waals surface area contributed by atoms with Crippen molar-refractivity contribution >= 4 is 31.7 Å². The standard InChI is InChI=1S/C21H33N3O4Si/c1-14(25)22-11-18-12-24(20(26)28-18)17-7-8-19-15(10-17)9-16(23-19)13-27-29(5,6)21(2,3)4/h7-8,10,16,18,23H,9,11-13H2,1-6H3,(H,22,25). The van der Waals surface area contributed by atoms with Gasteiger partial charge in [-0.3, -0.25) is 9.69 Å². The largest absolute Gasteiger partial charge is 0.442 e. The fraction of sp³-hybridized carbons (Fsp3) is 0.619. The molecule has 0 spiro atoms.